The molecule has 10 nitrogen and oxygen atoms in total. The van der Waals surface area contributed by atoms with Gasteiger partial charge in [0.1, 0.15) is 34.5 Å². The van der Waals surface area contributed by atoms with E-state index in [-0.39, 0.29) is 0 Å². The van der Waals surface area contributed by atoms with Gasteiger partial charge >= 0.3 is 35.3 Å². The Morgan fingerprint density at radius 3 is 1.08 bits per heavy atom. The Morgan fingerprint density at radius 1 is 0.226 bits per heavy atom. The molecule has 15 heteroatoms. The largest absolute Gasteiger partial charge is 0.634 e. The average molecular weight is 1190 g/mol. The molecule has 0 unspecified atom stereocenters. The number of para-hydroxylation sites is 6. The van der Waals surface area contributed by atoms with Crippen LogP contribution in [-0.4, -0.2) is 35.3 Å². The van der Waals surface area contributed by atoms with Gasteiger partial charge in [-0.05, 0) is 94.4 Å². The van der Waals surface area contributed by atoms with E-state index in [1.165, 1.54) is 0 Å². The topological polar surface area (TPSA) is 68.3 Å². The minimum Gasteiger partial charge on any atom is -0.537 e. The quantitative estimate of drug-likeness (QED) is 0.150. The third-order valence-corrected chi connectivity index (χ3v) is 20.9. The Kier molecular flexibility index (Phi) is 9.26. The first-order chi connectivity index (χ1) is 46.2. The zero-order valence-electron chi connectivity index (χ0n) is 49.5. The van der Waals surface area contributed by atoms with E-state index in [9.17, 15) is 0 Å². The number of hydrogen-bond donors (Lipinski definition) is 0. The van der Waals surface area contributed by atoms with Crippen molar-refractivity contribution >= 4 is 108 Å². The molecular weight excluding hydrogens is 1140 g/mol. The molecule has 0 spiro atoms. The van der Waals surface area contributed by atoms with E-state index in [0.717, 1.165) is 196 Å². The van der Waals surface area contributed by atoms with Crippen LogP contribution in [0.5, 0.6) is 34.5 Å². The van der Waals surface area contributed by atoms with Crippen molar-refractivity contribution in [2.75, 3.05) is 19.2 Å². The smallest absolute Gasteiger partial charge is 0.537 e. The summed E-state index contributed by atoms with van der Waals surface area (Å²) in [6.45, 7) is -0.541. The summed E-state index contributed by atoms with van der Waals surface area (Å²) in [7, 11) is -2.88. The first kappa shape index (κ1) is 49.0. The van der Waals surface area contributed by atoms with Crippen LogP contribution in [-0.2, 0) is 0 Å². The number of anilines is 8. The van der Waals surface area contributed by atoms with Gasteiger partial charge < -0.3 is 47.2 Å². The summed E-state index contributed by atoms with van der Waals surface area (Å²) in [6.07, 6.45) is 0. The molecule has 10 aliphatic heterocycles. The Bertz CT molecular complexity index is 5460. The van der Waals surface area contributed by atoms with E-state index < -0.39 is 35.3 Å². The molecule has 0 N–H and O–H groups in total. The monoisotopic (exact) mass is 1190 g/mol. The number of rotatable bonds is 6. The molecule has 0 radical (unpaired) electrons. The zero-order chi connectivity index (χ0) is 60.1. The summed E-state index contributed by atoms with van der Waals surface area (Å²) in [6, 6.07) is 93.6. The van der Waals surface area contributed by atoms with Crippen LogP contribution in [0, 0.1) is 0 Å². The van der Waals surface area contributed by atoms with E-state index >= 15 is 0 Å². The molecule has 0 amide bonds. The van der Waals surface area contributed by atoms with Gasteiger partial charge in [-0.1, -0.05) is 182 Å². The minimum atomic E-state index is -0.748. The van der Waals surface area contributed by atoms with Gasteiger partial charge in [-0.3, -0.25) is 0 Å². The molecule has 0 fully saturated rings. The van der Waals surface area contributed by atoms with Crippen LogP contribution >= 0.6 is 0 Å². The van der Waals surface area contributed by atoms with Crippen LogP contribution < -0.4 is 74.5 Å². The molecule has 93 heavy (non-hydrogen) atoms. The summed E-state index contributed by atoms with van der Waals surface area (Å²) in [5, 5.41) is 0. The third kappa shape index (κ3) is 6.16. The second-order valence-corrected chi connectivity index (χ2v) is 25.4. The van der Waals surface area contributed by atoms with Crippen LogP contribution in [0.4, 0.5) is 45.5 Å². The van der Waals surface area contributed by atoms with E-state index in [4.69, 9.17) is 27.9 Å². The molecule has 0 atom stereocenters. The number of hydrogen-bond acceptors (Lipinski definition) is 10. The molecule has 10 heterocycles. The summed E-state index contributed by atoms with van der Waals surface area (Å²) in [4.78, 5) is 10.2. The third-order valence-electron chi connectivity index (χ3n) is 20.9. The first-order valence-corrected chi connectivity index (χ1v) is 31.9. The highest BCUT2D eigenvalue weighted by Gasteiger charge is 2.62. The fourth-order valence-corrected chi connectivity index (χ4v) is 17.4. The Balaban J connectivity index is 0.921. The predicted octanol–water partition coefficient (Wildman–Crippen LogP) is 14.5. The minimum absolute atomic E-state index is 0.541. The molecule has 0 saturated heterocycles. The van der Waals surface area contributed by atoms with Crippen LogP contribution in [0.1, 0.15) is 0 Å². The highest BCUT2D eigenvalue weighted by atomic mass is 16.6. The fraction of sp³-hybridized carbons (Fsp3) is 0. The molecule has 0 aliphatic carbocycles. The fourth-order valence-electron chi connectivity index (χ4n) is 17.4. The Hall–Kier alpha value is -11.8. The normalized spacial score (nSPS) is 15.0. The lowest BCUT2D eigenvalue weighted by Gasteiger charge is -2.55. The van der Waals surface area contributed by atoms with Gasteiger partial charge in [-0.15, -0.1) is 0 Å². The second kappa shape index (κ2) is 17.6. The van der Waals surface area contributed by atoms with Gasteiger partial charge in [0.05, 0.1) is 0 Å². The summed E-state index contributed by atoms with van der Waals surface area (Å²) in [5.74, 6) is 4.57. The summed E-state index contributed by atoms with van der Waals surface area (Å²) >= 11 is 0. The van der Waals surface area contributed by atoms with Crippen molar-refractivity contribution in [1.82, 2.24) is 0 Å². The highest BCUT2D eigenvalue weighted by molar-refractivity contribution is 6.91. The molecule has 23 rings (SSSR count). The van der Waals surface area contributed by atoms with Gasteiger partial charge in [0.25, 0.3) is 0 Å². The molecule has 13 aromatic rings. The molecule has 426 valence electrons. The molecule has 13 aromatic carbocycles. The van der Waals surface area contributed by atoms with E-state index in [2.05, 4.69) is 256 Å². The van der Waals surface area contributed by atoms with Crippen LogP contribution in [0.3, 0.4) is 0 Å². The molecule has 0 aromatic heterocycles. The number of fused-ring (bicyclic) bond motifs is 4. The van der Waals surface area contributed by atoms with Gasteiger partial charge in [-0.25, -0.2) is 0 Å². The zero-order valence-corrected chi connectivity index (χ0v) is 49.5. The highest BCUT2D eigenvalue weighted by Crippen LogP contribution is 2.64. The lowest BCUT2D eigenvalue weighted by molar-refractivity contribution is 0.434. The van der Waals surface area contributed by atoms with Crippen LogP contribution in [0.15, 0.2) is 261 Å². The van der Waals surface area contributed by atoms with Crippen molar-refractivity contribution in [3.63, 3.8) is 0 Å². The van der Waals surface area contributed by atoms with Crippen molar-refractivity contribution < 1.29 is 27.9 Å². The Labute approximate surface area is 536 Å². The lowest BCUT2D eigenvalue weighted by atomic mass is 9.46. The Morgan fingerprint density at radius 2 is 0.591 bits per heavy atom. The number of nitrogens with zero attached hydrogens (tertiary/aromatic N) is 4. The van der Waals surface area contributed by atoms with Crippen molar-refractivity contribution in [1.29, 1.82) is 0 Å². The van der Waals surface area contributed by atoms with Crippen molar-refractivity contribution in [2.45, 2.75) is 0 Å². The van der Waals surface area contributed by atoms with Crippen molar-refractivity contribution in [3.05, 3.63) is 261 Å². The second-order valence-electron chi connectivity index (χ2n) is 25.4. The van der Waals surface area contributed by atoms with Crippen molar-refractivity contribution in [2.24, 2.45) is 0 Å². The van der Waals surface area contributed by atoms with Gasteiger partial charge in [-0.2, -0.15) is 0 Å². The average Bonchev–Trinajstić information content (AvgIpc) is 0.653. The van der Waals surface area contributed by atoms with Crippen molar-refractivity contribution in [3.8, 4) is 124 Å². The summed E-state index contributed by atoms with van der Waals surface area (Å²) in [5.41, 5.74) is 30.2. The standard InChI is InChI=1S/C78H43B5N4O6/c1-6-21-44(22-7-1)49-33-20-34-50(45-23-8-2-9-24-45)78(49)87-56-41-55-65-67-57(42-63-71-69-61(88-80(76(67)71)86(55)48-29-14-5-15-30-48)39-37-53-51-31-16-18-35-59(51)90-82(92-63)73(53)69)84(46-25-10-3-11-26-46)79-75(65)66(56)68-58(85(79)47-27-12-4-13-28-47)43-64-72-70-62(89-81(87)77(68)72)40-38-54-52-32-17-19-36-60(52)91-83(93-64)74(54)70/h1-43H. The maximum atomic E-state index is 8.09. The van der Waals surface area contributed by atoms with E-state index in [0.29, 0.717) is 0 Å². The molecule has 0 bridgehead atoms. The van der Waals surface area contributed by atoms with Crippen LogP contribution in [0.2, 0.25) is 0 Å². The summed E-state index contributed by atoms with van der Waals surface area (Å²) < 4.78 is 45.0. The molecular formula is C78H43B5N4O6. The van der Waals surface area contributed by atoms with Crippen LogP contribution in [0.25, 0.3) is 89.0 Å². The maximum absolute atomic E-state index is 8.09. The number of benzene rings is 13. The lowest BCUT2D eigenvalue weighted by Crippen LogP contribution is -2.68. The SMILES string of the molecule is c1ccc(-c2cccc(-c3ccccc3)c2N2B3Oc4ccc5c6c4-c4c(cc7c(c43)-c3c2cc2c4c3B(N(c3ccccc3)c3cc8c9c(c3-4)B(Oc3ccc4c(c3-9)B(Oc3ccccc3-4)O8)N2c2ccccc2)N7c2ccccc2)OB6Oc2ccccc2-5)cc1. The van der Waals surface area contributed by atoms with Gasteiger partial charge in [0.2, 0.25) is 0 Å². The van der Waals surface area contributed by atoms with E-state index in [1.807, 2.05) is 24.3 Å². The van der Waals surface area contributed by atoms with Gasteiger partial charge in [0, 0.05) is 146 Å². The predicted molar refractivity (Wildman–Crippen MR) is 375 cm³/mol. The first-order valence-electron chi connectivity index (χ1n) is 31.9. The molecule has 10 aliphatic rings. The maximum Gasteiger partial charge on any atom is 0.634 e. The van der Waals surface area contributed by atoms with Gasteiger partial charge in [0.15, 0.2) is 0 Å². The molecule has 0 saturated carbocycles. The van der Waals surface area contributed by atoms with E-state index in [1.54, 1.807) is 0 Å².